The van der Waals surface area contributed by atoms with Gasteiger partial charge in [-0.15, -0.1) is 0 Å². The number of carboxylic acids is 1. The van der Waals surface area contributed by atoms with E-state index < -0.39 is 29.1 Å². The zero-order valence-corrected chi connectivity index (χ0v) is 10.3. The van der Waals surface area contributed by atoms with Gasteiger partial charge in [0.15, 0.2) is 0 Å². The summed E-state index contributed by atoms with van der Waals surface area (Å²) >= 11 is 0. The molecule has 1 aromatic carbocycles. The third-order valence-electron chi connectivity index (χ3n) is 2.45. The quantitative estimate of drug-likeness (QED) is 0.588. The van der Waals surface area contributed by atoms with E-state index in [2.05, 4.69) is 18.5 Å². The maximum atomic E-state index is 11.3. The van der Waals surface area contributed by atoms with Gasteiger partial charge in [0.2, 0.25) is 11.8 Å². The first kappa shape index (κ1) is 15.0. The zero-order valence-electron chi connectivity index (χ0n) is 10.3. The Morgan fingerprint density at radius 1 is 1.30 bits per heavy atom. The minimum Gasteiger partial charge on any atom is -0.506 e. The maximum Gasteiger partial charge on any atom is 0.339 e. The van der Waals surface area contributed by atoms with Crippen molar-refractivity contribution in [2.45, 2.75) is 0 Å². The number of hydrogen-bond acceptors (Lipinski definition) is 4. The van der Waals surface area contributed by atoms with Crippen molar-refractivity contribution in [3.05, 3.63) is 42.5 Å². The summed E-state index contributed by atoms with van der Waals surface area (Å²) in [6.45, 7) is 6.63. The summed E-state index contributed by atoms with van der Waals surface area (Å²) in [6, 6.07) is 2.29. The van der Waals surface area contributed by atoms with Gasteiger partial charge in [-0.2, -0.15) is 0 Å². The van der Waals surface area contributed by atoms with Crippen LogP contribution in [0.1, 0.15) is 15.9 Å². The van der Waals surface area contributed by atoms with Crippen molar-refractivity contribution in [3.63, 3.8) is 0 Å². The van der Waals surface area contributed by atoms with Crippen LogP contribution in [-0.2, 0) is 9.59 Å². The molecule has 20 heavy (non-hydrogen) atoms. The average Bonchev–Trinajstić information content (AvgIpc) is 2.37. The van der Waals surface area contributed by atoms with E-state index in [1.807, 2.05) is 0 Å². The van der Waals surface area contributed by atoms with Gasteiger partial charge >= 0.3 is 5.97 Å². The normalized spacial score (nSPS) is 9.60. The van der Waals surface area contributed by atoms with Crippen molar-refractivity contribution in [3.8, 4) is 5.75 Å². The Balaban J connectivity index is 3.52. The molecular weight excluding hydrogens is 264 g/mol. The fraction of sp³-hybridized carbons (Fsp3) is 0. The number of primary amides is 1. The van der Waals surface area contributed by atoms with Crippen LogP contribution >= 0.6 is 0 Å². The fourth-order valence-corrected chi connectivity index (χ4v) is 1.48. The molecule has 0 spiro atoms. The Labute approximate surface area is 114 Å². The lowest BCUT2D eigenvalue weighted by Crippen LogP contribution is -2.16. The second kappa shape index (κ2) is 5.70. The first-order valence-corrected chi connectivity index (χ1v) is 5.31. The number of carbonyl (C=O) groups excluding carboxylic acids is 2. The third-order valence-corrected chi connectivity index (χ3v) is 2.45. The van der Waals surface area contributed by atoms with Gasteiger partial charge in [-0.25, -0.2) is 4.79 Å². The topological polar surface area (TPSA) is 130 Å². The first-order valence-electron chi connectivity index (χ1n) is 5.31. The Bertz CT molecular complexity index is 634. The molecule has 0 heterocycles. The summed E-state index contributed by atoms with van der Waals surface area (Å²) in [7, 11) is 0. The number of rotatable bonds is 5. The highest BCUT2D eigenvalue weighted by Crippen LogP contribution is 2.34. The van der Waals surface area contributed by atoms with E-state index in [0.29, 0.717) is 0 Å². The smallest absolute Gasteiger partial charge is 0.339 e. The van der Waals surface area contributed by atoms with Gasteiger partial charge < -0.3 is 21.3 Å². The molecule has 0 bridgehead atoms. The van der Waals surface area contributed by atoms with Gasteiger partial charge in [0, 0.05) is 5.57 Å². The summed E-state index contributed by atoms with van der Waals surface area (Å²) in [5.74, 6) is -3.67. The second-order valence-electron chi connectivity index (χ2n) is 3.73. The number of benzene rings is 1. The van der Waals surface area contributed by atoms with Crippen molar-refractivity contribution >= 4 is 29.0 Å². The molecule has 0 fully saturated rings. The maximum absolute atomic E-state index is 11.3. The number of anilines is 1. The van der Waals surface area contributed by atoms with Gasteiger partial charge in [0.1, 0.15) is 11.3 Å². The Hall–Kier alpha value is -3.09. The van der Waals surface area contributed by atoms with Crippen LogP contribution in [-0.4, -0.2) is 28.0 Å². The van der Waals surface area contributed by atoms with Gasteiger partial charge in [-0.05, 0) is 18.2 Å². The van der Waals surface area contributed by atoms with Crippen LogP contribution < -0.4 is 11.1 Å². The van der Waals surface area contributed by atoms with E-state index in [-0.39, 0.29) is 16.8 Å². The van der Waals surface area contributed by atoms with E-state index in [4.69, 9.17) is 10.8 Å². The lowest BCUT2D eigenvalue weighted by atomic mass is 9.99. The Morgan fingerprint density at radius 3 is 2.35 bits per heavy atom. The highest BCUT2D eigenvalue weighted by Gasteiger charge is 2.22. The summed E-state index contributed by atoms with van der Waals surface area (Å²) in [5.41, 5.74) is 4.05. The number of phenols is 1. The highest BCUT2D eigenvalue weighted by atomic mass is 16.4. The van der Waals surface area contributed by atoms with Crippen molar-refractivity contribution < 1.29 is 24.6 Å². The van der Waals surface area contributed by atoms with Crippen LogP contribution in [0.25, 0.3) is 5.57 Å². The number of amides is 2. The van der Waals surface area contributed by atoms with Crippen LogP contribution in [0.4, 0.5) is 5.69 Å². The van der Waals surface area contributed by atoms with E-state index in [0.717, 1.165) is 12.1 Å². The van der Waals surface area contributed by atoms with E-state index in [9.17, 15) is 19.5 Å². The van der Waals surface area contributed by atoms with Crippen molar-refractivity contribution in [1.82, 2.24) is 0 Å². The molecule has 0 saturated heterocycles. The van der Waals surface area contributed by atoms with Crippen LogP contribution in [0.15, 0.2) is 31.4 Å². The van der Waals surface area contributed by atoms with Crippen molar-refractivity contribution in [1.29, 1.82) is 0 Å². The highest BCUT2D eigenvalue weighted by molar-refractivity contribution is 6.21. The lowest BCUT2D eigenvalue weighted by Gasteiger charge is -2.14. The molecule has 0 saturated carbocycles. The monoisotopic (exact) mass is 276 g/mol. The molecule has 0 aromatic heterocycles. The molecule has 1 aromatic rings. The minimum absolute atomic E-state index is 0.00111. The number of carbonyl (C=O) groups is 3. The molecule has 0 unspecified atom stereocenters. The molecule has 7 heteroatoms. The molecule has 0 radical (unpaired) electrons. The predicted octanol–water partition coefficient (Wildman–Crippen LogP) is 0.713. The molecule has 0 aliphatic rings. The average molecular weight is 276 g/mol. The fourth-order valence-electron chi connectivity index (χ4n) is 1.48. The van der Waals surface area contributed by atoms with E-state index in [1.165, 1.54) is 6.07 Å². The van der Waals surface area contributed by atoms with Gasteiger partial charge in [-0.3, -0.25) is 9.59 Å². The van der Waals surface area contributed by atoms with Gasteiger partial charge in [-0.1, -0.05) is 13.2 Å². The number of nitrogens with one attached hydrogen (secondary N) is 1. The molecule has 104 valence electrons. The van der Waals surface area contributed by atoms with Gasteiger partial charge in [0.05, 0.1) is 11.3 Å². The van der Waals surface area contributed by atoms with Crippen molar-refractivity contribution in [2.75, 3.05) is 5.32 Å². The molecule has 0 atom stereocenters. The summed E-state index contributed by atoms with van der Waals surface area (Å²) in [5, 5.41) is 21.2. The zero-order chi connectivity index (χ0) is 15.4. The number of carboxylic acid groups (broad SMARTS) is 1. The Morgan fingerprint density at radius 2 is 1.90 bits per heavy atom. The summed E-state index contributed by atoms with van der Waals surface area (Å²) in [4.78, 5) is 33.4. The predicted molar refractivity (Wildman–Crippen MR) is 72.1 cm³/mol. The van der Waals surface area contributed by atoms with Crippen LogP contribution in [0, 0.1) is 0 Å². The van der Waals surface area contributed by atoms with E-state index >= 15 is 0 Å². The number of nitrogens with two attached hydrogens (primary N) is 1. The number of aromatic carboxylic acids is 1. The Kier molecular flexibility index (Phi) is 4.27. The number of aromatic hydroxyl groups is 1. The largest absolute Gasteiger partial charge is 0.506 e. The number of hydrogen-bond donors (Lipinski definition) is 4. The summed E-state index contributed by atoms with van der Waals surface area (Å²) in [6.07, 6.45) is 0.971. The molecule has 7 nitrogen and oxygen atoms in total. The standard InChI is InChI=1S/C13H12N2O5/c1-3-9(16)15-8-5-4-7(13(19)20)11(17)10(8)6(2)12(14)18/h3-5,17H,1-2H2,(H2,14,18)(H,15,16)(H,19,20). The second-order valence-corrected chi connectivity index (χ2v) is 3.73. The SMILES string of the molecule is C=CC(=O)Nc1ccc(C(=O)O)c(O)c1C(=C)C(N)=O. The molecule has 2 amide bonds. The molecule has 0 aliphatic carbocycles. The first-order chi connectivity index (χ1) is 9.29. The molecule has 0 aliphatic heterocycles. The summed E-state index contributed by atoms with van der Waals surface area (Å²) < 4.78 is 0. The van der Waals surface area contributed by atoms with Crippen LogP contribution in [0.3, 0.4) is 0 Å². The van der Waals surface area contributed by atoms with Crippen molar-refractivity contribution in [2.24, 2.45) is 5.73 Å². The van der Waals surface area contributed by atoms with Crippen LogP contribution in [0.5, 0.6) is 5.75 Å². The minimum atomic E-state index is -1.40. The van der Waals surface area contributed by atoms with Gasteiger partial charge in [0.25, 0.3) is 0 Å². The lowest BCUT2D eigenvalue weighted by molar-refractivity contribution is -0.113. The molecule has 5 N–H and O–H groups in total. The van der Waals surface area contributed by atoms with E-state index in [1.54, 1.807) is 0 Å². The molecule has 1 rings (SSSR count). The molecular formula is C13H12N2O5. The third kappa shape index (κ3) is 2.83. The van der Waals surface area contributed by atoms with Crippen LogP contribution in [0.2, 0.25) is 0 Å².